The van der Waals surface area contributed by atoms with Gasteiger partial charge in [0.05, 0.1) is 17.9 Å². The second kappa shape index (κ2) is 8.72. The SMILES string of the molecule is Cc1nn(Cc2ccccc2Cl)c(C)c1/C=C(\C#N)C(=O)Nc1ccccc1F. The maximum Gasteiger partial charge on any atom is 0.266 e. The van der Waals surface area contributed by atoms with Crippen LogP contribution in [0.1, 0.15) is 22.5 Å². The van der Waals surface area contributed by atoms with Crippen molar-refractivity contribution >= 4 is 29.3 Å². The Morgan fingerprint density at radius 1 is 1.24 bits per heavy atom. The first-order chi connectivity index (χ1) is 13.9. The van der Waals surface area contributed by atoms with Gasteiger partial charge in [0, 0.05) is 16.3 Å². The number of para-hydroxylation sites is 1. The van der Waals surface area contributed by atoms with Crippen LogP contribution in [0.25, 0.3) is 6.08 Å². The van der Waals surface area contributed by atoms with Crippen LogP contribution in [0.5, 0.6) is 0 Å². The van der Waals surface area contributed by atoms with E-state index in [1.165, 1.54) is 24.3 Å². The highest BCUT2D eigenvalue weighted by atomic mass is 35.5. The summed E-state index contributed by atoms with van der Waals surface area (Å²) in [6.07, 6.45) is 1.47. The van der Waals surface area contributed by atoms with Gasteiger partial charge in [-0.25, -0.2) is 4.39 Å². The zero-order valence-electron chi connectivity index (χ0n) is 15.9. The molecule has 0 aliphatic rings. The second-order valence-electron chi connectivity index (χ2n) is 6.44. The van der Waals surface area contributed by atoms with Crippen molar-refractivity contribution in [3.63, 3.8) is 0 Å². The van der Waals surface area contributed by atoms with Crippen molar-refractivity contribution in [3.8, 4) is 6.07 Å². The number of amides is 1. The number of aryl methyl sites for hydroxylation is 1. The molecule has 1 N–H and O–H groups in total. The van der Waals surface area contributed by atoms with Crippen LogP contribution in [0.4, 0.5) is 10.1 Å². The molecule has 1 amide bonds. The topological polar surface area (TPSA) is 70.7 Å². The number of carbonyl (C=O) groups is 1. The quantitative estimate of drug-likeness (QED) is 0.482. The minimum absolute atomic E-state index is 0.0153. The first-order valence-electron chi connectivity index (χ1n) is 8.85. The summed E-state index contributed by atoms with van der Waals surface area (Å²) in [5.41, 5.74) is 2.90. The number of rotatable bonds is 5. The summed E-state index contributed by atoms with van der Waals surface area (Å²) in [6.45, 7) is 4.11. The second-order valence-corrected chi connectivity index (χ2v) is 6.84. The molecule has 3 rings (SSSR count). The zero-order valence-corrected chi connectivity index (χ0v) is 16.7. The summed E-state index contributed by atoms with van der Waals surface area (Å²) < 4.78 is 15.5. The van der Waals surface area contributed by atoms with E-state index in [1.807, 2.05) is 37.3 Å². The van der Waals surface area contributed by atoms with Crippen molar-refractivity contribution in [1.82, 2.24) is 9.78 Å². The van der Waals surface area contributed by atoms with Crippen molar-refractivity contribution in [1.29, 1.82) is 5.26 Å². The van der Waals surface area contributed by atoms with E-state index in [1.54, 1.807) is 17.7 Å². The molecule has 1 aromatic heterocycles. The molecule has 0 radical (unpaired) electrons. The number of benzene rings is 2. The number of nitrogens with one attached hydrogen (secondary N) is 1. The molecule has 0 fully saturated rings. The fourth-order valence-corrected chi connectivity index (χ4v) is 3.10. The Bertz CT molecular complexity index is 1140. The van der Waals surface area contributed by atoms with E-state index in [4.69, 9.17) is 11.6 Å². The maximum atomic E-state index is 13.8. The van der Waals surface area contributed by atoms with Crippen LogP contribution in [0.2, 0.25) is 5.02 Å². The lowest BCUT2D eigenvalue weighted by atomic mass is 10.1. The third-order valence-electron chi connectivity index (χ3n) is 4.49. The minimum Gasteiger partial charge on any atom is -0.319 e. The van der Waals surface area contributed by atoms with Gasteiger partial charge in [0.15, 0.2) is 0 Å². The number of nitriles is 1. The largest absolute Gasteiger partial charge is 0.319 e. The standard InChI is InChI=1S/C22H18ClFN4O/c1-14-18(15(2)28(27-14)13-16-7-3-4-8-19(16)23)11-17(12-25)22(29)26-21-10-6-5-9-20(21)24/h3-11H,13H2,1-2H3,(H,26,29)/b17-11+. The molecule has 0 spiro atoms. The van der Waals surface area contributed by atoms with Gasteiger partial charge in [0.1, 0.15) is 17.5 Å². The minimum atomic E-state index is -0.685. The van der Waals surface area contributed by atoms with Crippen LogP contribution in [0.3, 0.4) is 0 Å². The van der Waals surface area contributed by atoms with Crippen molar-refractivity contribution in [2.45, 2.75) is 20.4 Å². The molecule has 0 saturated carbocycles. The van der Waals surface area contributed by atoms with E-state index in [9.17, 15) is 14.4 Å². The van der Waals surface area contributed by atoms with Crippen molar-refractivity contribution in [3.05, 3.63) is 87.5 Å². The van der Waals surface area contributed by atoms with Crippen molar-refractivity contribution in [2.75, 3.05) is 5.32 Å². The molecule has 0 aliphatic heterocycles. The molecule has 0 saturated heterocycles. The van der Waals surface area contributed by atoms with Crippen molar-refractivity contribution < 1.29 is 9.18 Å². The Hall–Kier alpha value is -3.43. The van der Waals surface area contributed by atoms with Gasteiger partial charge in [-0.3, -0.25) is 9.48 Å². The Morgan fingerprint density at radius 2 is 1.93 bits per heavy atom. The number of hydrogen-bond donors (Lipinski definition) is 1. The van der Waals surface area contributed by atoms with Crippen LogP contribution < -0.4 is 5.32 Å². The Kier molecular flexibility index (Phi) is 6.10. The normalized spacial score (nSPS) is 11.2. The smallest absolute Gasteiger partial charge is 0.266 e. The fraction of sp³-hybridized carbons (Fsp3) is 0.136. The van der Waals surface area contributed by atoms with Crippen LogP contribution in [0.15, 0.2) is 54.1 Å². The molecule has 2 aromatic carbocycles. The van der Waals surface area contributed by atoms with Gasteiger partial charge in [-0.15, -0.1) is 0 Å². The number of halogens is 2. The van der Waals surface area contributed by atoms with E-state index in [-0.39, 0.29) is 11.3 Å². The molecule has 29 heavy (non-hydrogen) atoms. The molecule has 3 aromatic rings. The summed E-state index contributed by atoms with van der Waals surface area (Å²) in [5.74, 6) is -1.26. The number of carbonyl (C=O) groups excluding carboxylic acids is 1. The molecule has 7 heteroatoms. The van der Waals surface area contributed by atoms with Gasteiger partial charge in [-0.2, -0.15) is 10.4 Å². The van der Waals surface area contributed by atoms with Gasteiger partial charge in [-0.05, 0) is 43.7 Å². The average Bonchev–Trinajstić information content (AvgIpc) is 2.96. The van der Waals surface area contributed by atoms with E-state index in [2.05, 4.69) is 10.4 Å². The van der Waals surface area contributed by atoms with Gasteiger partial charge in [-0.1, -0.05) is 41.9 Å². The highest BCUT2D eigenvalue weighted by molar-refractivity contribution is 6.31. The number of nitrogens with zero attached hydrogens (tertiary/aromatic N) is 3. The zero-order chi connectivity index (χ0) is 21.0. The number of anilines is 1. The Morgan fingerprint density at radius 3 is 2.62 bits per heavy atom. The summed E-state index contributed by atoms with van der Waals surface area (Å²) in [5, 5.41) is 17.0. The molecule has 0 atom stereocenters. The van der Waals surface area contributed by atoms with E-state index < -0.39 is 11.7 Å². The molecule has 0 bridgehead atoms. The fourth-order valence-electron chi connectivity index (χ4n) is 2.91. The Balaban J connectivity index is 1.89. The van der Waals surface area contributed by atoms with Gasteiger partial charge < -0.3 is 5.32 Å². The van der Waals surface area contributed by atoms with Gasteiger partial charge >= 0.3 is 0 Å². The third kappa shape index (κ3) is 4.53. The summed E-state index contributed by atoms with van der Waals surface area (Å²) in [7, 11) is 0. The third-order valence-corrected chi connectivity index (χ3v) is 4.86. The first kappa shape index (κ1) is 20.3. The summed E-state index contributed by atoms with van der Waals surface area (Å²) in [4.78, 5) is 12.5. The van der Waals surface area contributed by atoms with Gasteiger partial charge in [0.25, 0.3) is 5.91 Å². The van der Waals surface area contributed by atoms with Crippen LogP contribution in [-0.4, -0.2) is 15.7 Å². The lowest BCUT2D eigenvalue weighted by Gasteiger charge is -2.07. The summed E-state index contributed by atoms with van der Waals surface area (Å²) in [6, 6.07) is 15.1. The number of hydrogen-bond acceptors (Lipinski definition) is 3. The number of aromatic nitrogens is 2. The highest BCUT2D eigenvalue weighted by Gasteiger charge is 2.16. The summed E-state index contributed by atoms with van der Waals surface area (Å²) >= 11 is 6.23. The molecular formula is C22H18ClFN4O. The molecular weight excluding hydrogens is 391 g/mol. The van der Waals surface area contributed by atoms with E-state index in [0.717, 1.165) is 11.3 Å². The maximum absolute atomic E-state index is 13.8. The molecule has 146 valence electrons. The highest BCUT2D eigenvalue weighted by Crippen LogP contribution is 2.22. The average molecular weight is 409 g/mol. The predicted octanol–water partition coefficient (Wildman–Crippen LogP) is 4.89. The Labute approximate surface area is 173 Å². The lowest BCUT2D eigenvalue weighted by Crippen LogP contribution is -2.14. The lowest BCUT2D eigenvalue weighted by molar-refractivity contribution is -0.112. The van der Waals surface area contributed by atoms with Crippen LogP contribution >= 0.6 is 11.6 Å². The molecule has 0 unspecified atom stereocenters. The monoisotopic (exact) mass is 408 g/mol. The van der Waals surface area contributed by atoms with Crippen LogP contribution in [0, 0.1) is 31.0 Å². The van der Waals surface area contributed by atoms with E-state index >= 15 is 0 Å². The van der Waals surface area contributed by atoms with E-state index in [0.29, 0.717) is 22.8 Å². The molecule has 1 heterocycles. The predicted molar refractivity (Wildman–Crippen MR) is 111 cm³/mol. The molecule has 5 nitrogen and oxygen atoms in total. The molecule has 0 aliphatic carbocycles. The van der Waals surface area contributed by atoms with Crippen molar-refractivity contribution in [2.24, 2.45) is 0 Å². The van der Waals surface area contributed by atoms with Crippen LogP contribution in [-0.2, 0) is 11.3 Å². The first-order valence-corrected chi connectivity index (χ1v) is 9.23. The van der Waals surface area contributed by atoms with Gasteiger partial charge in [0.2, 0.25) is 0 Å².